The topological polar surface area (TPSA) is 99.0 Å². The summed E-state index contributed by atoms with van der Waals surface area (Å²) in [6.45, 7) is 0.750. The molecule has 0 bridgehead atoms. The average Bonchev–Trinajstić information content (AvgIpc) is 2.57. The second-order valence-electron chi connectivity index (χ2n) is 5.44. The number of alkyl halides is 3. The van der Waals surface area contributed by atoms with Crippen LogP contribution in [0.3, 0.4) is 0 Å². The van der Waals surface area contributed by atoms with E-state index >= 15 is 0 Å². The minimum absolute atomic E-state index is 0.203. The summed E-state index contributed by atoms with van der Waals surface area (Å²) < 4.78 is 52.4. The van der Waals surface area contributed by atoms with E-state index in [0.29, 0.717) is 5.75 Å². The monoisotopic (exact) mass is 407 g/mol. The Morgan fingerprint density at radius 1 is 1.04 bits per heavy atom. The molecule has 0 aromatic heterocycles. The summed E-state index contributed by atoms with van der Waals surface area (Å²) in [7, 11) is -2.79. The van der Waals surface area contributed by atoms with Gasteiger partial charge in [0.2, 0.25) is 0 Å². The van der Waals surface area contributed by atoms with Crippen LogP contribution in [0.2, 0.25) is 0 Å². The highest BCUT2D eigenvalue weighted by molar-refractivity contribution is 7.45. The molecule has 0 aliphatic heterocycles. The lowest BCUT2D eigenvalue weighted by Crippen LogP contribution is -2.16. The summed E-state index contributed by atoms with van der Waals surface area (Å²) in [4.78, 5) is 21.6. The van der Waals surface area contributed by atoms with Gasteiger partial charge in [-0.2, -0.15) is 13.2 Å². The second kappa shape index (κ2) is 10.4. The molecule has 0 saturated heterocycles. The molecule has 10 heteroatoms. The van der Waals surface area contributed by atoms with Gasteiger partial charge >= 0.3 is 14.0 Å². The first kappa shape index (κ1) is 23.1. The van der Waals surface area contributed by atoms with Crippen molar-refractivity contribution in [1.82, 2.24) is 5.32 Å². The lowest BCUT2D eigenvalue weighted by Gasteiger charge is -2.20. The molecular weight excluding hydrogens is 386 g/mol. The fraction of sp³-hybridized carbons (Fsp3) is 0.294. The zero-order valence-electron chi connectivity index (χ0n) is 14.4. The number of phosphoric acid groups is 1. The van der Waals surface area contributed by atoms with Gasteiger partial charge in [-0.25, -0.2) is 4.57 Å². The third-order valence-corrected chi connectivity index (χ3v) is 3.29. The zero-order valence-corrected chi connectivity index (χ0v) is 15.3. The molecule has 0 spiro atoms. The van der Waals surface area contributed by atoms with Crippen molar-refractivity contribution in [2.45, 2.75) is 18.7 Å². The van der Waals surface area contributed by atoms with Crippen molar-refractivity contribution in [3.8, 4) is 5.75 Å². The summed E-state index contributed by atoms with van der Waals surface area (Å²) in [6, 6.07) is 14.4. The molecule has 4 N–H and O–H groups in total. The Balaban J connectivity index is 0.000000646. The van der Waals surface area contributed by atoms with E-state index in [4.69, 9.17) is 24.0 Å². The molecule has 2 aromatic carbocycles. The summed E-state index contributed by atoms with van der Waals surface area (Å²) in [5.41, 5.74) is 0.323. The second-order valence-corrected chi connectivity index (χ2v) is 6.47. The maximum absolute atomic E-state index is 12.6. The normalized spacial score (nSPS) is 12.7. The molecule has 6 nitrogen and oxygen atoms in total. The fourth-order valence-corrected chi connectivity index (χ4v) is 2.12. The molecule has 0 aliphatic rings. The molecule has 0 saturated carbocycles. The highest BCUT2D eigenvalue weighted by atomic mass is 31.2. The zero-order chi connectivity index (χ0) is 20.5. The van der Waals surface area contributed by atoms with Crippen LogP contribution in [0.1, 0.15) is 23.7 Å². The van der Waals surface area contributed by atoms with Crippen LogP contribution in [0.4, 0.5) is 13.2 Å². The Morgan fingerprint density at radius 3 is 2.00 bits per heavy atom. The van der Waals surface area contributed by atoms with Crippen LogP contribution < -0.4 is 10.1 Å². The van der Waals surface area contributed by atoms with Gasteiger partial charge in [-0.15, -0.1) is 0 Å². The number of halogens is 3. The van der Waals surface area contributed by atoms with Gasteiger partial charge in [0.05, 0.1) is 5.56 Å². The minimum atomic E-state index is -4.64. The standard InChI is InChI=1S/C17H18F3NO.H3O4P/c1-21-12-11-16(13-5-3-2-4-6-13)22-15-9-7-14(8-10-15)17(18,19)20;1-5(2,3)4/h2-10,16,21H,11-12H2,1H3;(H3,1,2,3,4). The smallest absolute Gasteiger partial charge is 0.466 e. The lowest BCUT2D eigenvalue weighted by molar-refractivity contribution is -0.137. The molecular formula is C17H21F3NO5P. The van der Waals surface area contributed by atoms with Gasteiger partial charge in [-0.05, 0) is 43.4 Å². The Bertz CT molecular complexity index is 711. The van der Waals surface area contributed by atoms with E-state index in [1.807, 2.05) is 37.4 Å². The Labute approximate surface area is 154 Å². The Kier molecular flexibility index (Phi) is 8.95. The van der Waals surface area contributed by atoms with E-state index in [2.05, 4.69) is 5.32 Å². The molecule has 2 aromatic rings. The Hall–Kier alpha value is -1.90. The van der Waals surface area contributed by atoms with E-state index in [9.17, 15) is 13.2 Å². The first-order valence-electron chi connectivity index (χ1n) is 7.82. The van der Waals surface area contributed by atoms with Crippen molar-refractivity contribution < 1.29 is 37.2 Å². The third-order valence-electron chi connectivity index (χ3n) is 3.29. The predicted molar refractivity (Wildman–Crippen MR) is 94.1 cm³/mol. The largest absolute Gasteiger partial charge is 0.486 e. The molecule has 150 valence electrons. The van der Waals surface area contributed by atoms with Crippen LogP contribution in [0.25, 0.3) is 0 Å². The van der Waals surface area contributed by atoms with Crippen LogP contribution >= 0.6 is 7.82 Å². The fourth-order valence-electron chi connectivity index (χ4n) is 2.12. The maximum Gasteiger partial charge on any atom is 0.466 e. The van der Waals surface area contributed by atoms with Gasteiger partial charge in [0, 0.05) is 6.42 Å². The summed E-state index contributed by atoms with van der Waals surface area (Å²) >= 11 is 0. The number of hydrogen-bond donors (Lipinski definition) is 4. The third kappa shape index (κ3) is 10.1. The molecule has 1 unspecified atom stereocenters. The van der Waals surface area contributed by atoms with Crippen LogP contribution in [0.5, 0.6) is 5.75 Å². The number of hydrogen-bond acceptors (Lipinski definition) is 3. The molecule has 2 rings (SSSR count). The predicted octanol–water partition coefficient (Wildman–Crippen LogP) is 3.51. The molecule has 0 radical (unpaired) electrons. The van der Waals surface area contributed by atoms with Crippen molar-refractivity contribution >= 4 is 7.82 Å². The SMILES string of the molecule is CNCCC(Oc1ccc(C(F)(F)F)cc1)c1ccccc1.O=P(O)(O)O. The summed E-state index contributed by atoms with van der Waals surface area (Å²) in [5.74, 6) is 0.429. The average molecular weight is 407 g/mol. The van der Waals surface area contributed by atoms with Crippen molar-refractivity contribution in [2.75, 3.05) is 13.6 Å². The van der Waals surface area contributed by atoms with Crippen LogP contribution in [-0.4, -0.2) is 28.3 Å². The molecule has 1 atom stereocenters. The highest BCUT2D eigenvalue weighted by Crippen LogP contribution is 2.31. The van der Waals surface area contributed by atoms with Crippen LogP contribution in [0, 0.1) is 0 Å². The van der Waals surface area contributed by atoms with Gasteiger partial charge in [0.15, 0.2) is 0 Å². The van der Waals surface area contributed by atoms with E-state index in [1.165, 1.54) is 12.1 Å². The quantitative estimate of drug-likeness (QED) is 0.547. The minimum Gasteiger partial charge on any atom is -0.486 e. The van der Waals surface area contributed by atoms with E-state index in [0.717, 1.165) is 30.7 Å². The van der Waals surface area contributed by atoms with Crippen molar-refractivity contribution in [1.29, 1.82) is 0 Å². The van der Waals surface area contributed by atoms with Crippen LogP contribution in [0.15, 0.2) is 54.6 Å². The Morgan fingerprint density at radius 2 is 1.56 bits per heavy atom. The molecule has 0 fully saturated rings. The number of benzene rings is 2. The van der Waals surface area contributed by atoms with Crippen molar-refractivity contribution in [2.24, 2.45) is 0 Å². The summed E-state index contributed by atoms with van der Waals surface area (Å²) in [6.07, 6.45) is -3.81. The maximum atomic E-state index is 12.6. The molecule has 0 heterocycles. The van der Waals surface area contributed by atoms with Gasteiger partial charge in [0.25, 0.3) is 0 Å². The number of ether oxygens (including phenoxy) is 1. The van der Waals surface area contributed by atoms with Crippen molar-refractivity contribution in [3.63, 3.8) is 0 Å². The molecule has 27 heavy (non-hydrogen) atoms. The summed E-state index contributed by atoms with van der Waals surface area (Å²) in [5, 5.41) is 3.05. The molecule has 0 amide bonds. The van der Waals surface area contributed by atoms with Gasteiger partial charge < -0.3 is 24.7 Å². The molecule has 0 aliphatic carbocycles. The lowest BCUT2D eigenvalue weighted by atomic mass is 10.1. The van der Waals surface area contributed by atoms with E-state index in [-0.39, 0.29) is 6.10 Å². The van der Waals surface area contributed by atoms with E-state index in [1.54, 1.807) is 0 Å². The number of rotatable bonds is 6. The van der Waals surface area contributed by atoms with Crippen LogP contribution in [-0.2, 0) is 10.7 Å². The van der Waals surface area contributed by atoms with Gasteiger partial charge in [-0.3, -0.25) is 0 Å². The first-order valence-corrected chi connectivity index (χ1v) is 9.39. The van der Waals surface area contributed by atoms with E-state index < -0.39 is 19.6 Å². The van der Waals surface area contributed by atoms with Crippen molar-refractivity contribution in [3.05, 3.63) is 65.7 Å². The first-order chi connectivity index (χ1) is 12.5. The van der Waals surface area contributed by atoms with Gasteiger partial charge in [-0.1, -0.05) is 30.3 Å². The highest BCUT2D eigenvalue weighted by Gasteiger charge is 2.30. The number of nitrogens with one attached hydrogen (secondary N) is 1. The van der Waals surface area contributed by atoms with Gasteiger partial charge in [0.1, 0.15) is 11.9 Å².